The summed E-state index contributed by atoms with van der Waals surface area (Å²) >= 11 is 6.37. The summed E-state index contributed by atoms with van der Waals surface area (Å²) in [6, 6.07) is 4.32. The van der Waals surface area contributed by atoms with Gasteiger partial charge in [0.2, 0.25) is 0 Å². The van der Waals surface area contributed by atoms with E-state index < -0.39 is 0 Å². The van der Waals surface area contributed by atoms with Crippen molar-refractivity contribution in [3.05, 3.63) is 24.7 Å². The van der Waals surface area contributed by atoms with Gasteiger partial charge in [0, 0.05) is 22.6 Å². The molecule has 0 bridgehead atoms. The van der Waals surface area contributed by atoms with Crippen LogP contribution in [0.4, 0.5) is 5.69 Å². The summed E-state index contributed by atoms with van der Waals surface area (Å²) in [7, 11) is 0. The molecule has 62 valence electrons. The van der Waals surface area contributed by atoms with Gasteiger partial charge in [0.25, 0.3) is 0 Å². The number of rotatable bonds is 0. The Hall–Kier alpha value is 0.440. The van der Waals surface area contributed by atoms with Crippen LogP contribution in [0.2, 0.25) is 0 Å². The van der Waals surface area contributed by atoms with Crippen LogP contribution in [0.3, 0.4) is 0 Å². The van der Waals surface area contributed by atoms with Crippen LogP contribution in [-0.2, 0) is 0 Å². The standard InChI is InChI=1S/C8H5I2NS/c9-5-1-4-7(11)3-12-8(4)2-6(5)10/h1-3H,11H2. The highest BCUT2D eigenvalue weighted by Gasteiger charge is 2.03. The SMILES string of the molecule is Nc1csc2cc(I)c(I)cc12. The van der Waals surface area contributed by atoms with E-state index in [9.17, 15) is 0 Å². The molecule has 1 aromatic heterocycles. The predicted octanol–water partition coefficient (Wildman–Crippen LogP) is 3.69. The zero-order valence-electron chi connectivity index (χ0n) is 5.97. The third-order valence-corrected chi connectivity index (χ3v) is 5.43. The first-order valence-corrected chi connectivity index (χ1v) is 6.34. The van der Waals surface area contributed by atoms with Crippen LogP contribution in [-0.4, -0.2) is 0 Å². The lowest BCUT2D eigenvalue weighted by Crippen LogP contribution is -1.82. The highest BCUT2D eigenvalue weighted by Crippen LogP contribution is 2.31. The summed E-state index contributed by atoms with van der Waals surface area (Å²) in [5.41, 5.74) is 6.69. The smallest absolute Gasteiger partial charge is 0.0503 e. The Bertz CT molecular complexity index is 436. The fourth-order valence-corrected chi connectivity index (χ4v) is 3.06. The first kappa shape index (κ1) is 9.01. The zero-order valence-corrected chi connectivity index (χ0v) is 11.1. The van der Waals surface area contributed by atoms with Crippen molar-refractivity contribution in [1.29, 1.82) is 0 Å². The number of nitrogens with two attached hydrogens (primary N) is 1. The second-order valence-electron chi connectivity index (χ2n) is 2.45. The van der Waals surface area contributed by atoms with E-state index in [4.69, 9.17) is 5.73 Å². The van der Waals surface area contributed by atoms with E-state index in [2.05, 4.69) is 57.3 Å². The Labute approximate surface area is 102 Å². The highest BCUT2D eigenvalue weighted by molar-refractivity contribution is 14.1. The minimum absolute atomic E-state index is 0.893. The predicted molar refractivity (Wildman–Crippen MR) is 71.7 cm³/mol. The Kier molecular flexibility index (Phi) is 2.48. The van der Waals surface area contributed by atoms with Crippen LogP contribution in [0.15, 0.2) is 17.5 Å². The molecule has 1 nitrogen and oxygen atoms in total. The topological polar surface area (TPSA) is 26.0 Å². The van der Waals surface area contributed by atoms with Gasteiger partial charge in [-0.2, -0.15) is 0 Å². The minimum Gasteiger partial charge on any atom is -0.398 e. The molecule has 0 atom stereocenters. The van der Waals surface area contributed by atoms with Crippen LogP contribution in [0.25, 0.3) is 10.1 Å². The Balaban J connectivity index is 2.87. The second kappa shape index (κ2) is 3.30. The fraction of sp³-hybridized carbons (Fsp3) is 0. The number of fused-ring (bicyclic) bond motifs is 1. The van der Waals surface area contributed by atoms with E-state index in [1.165, 1.54) is 17.2 Å². The molecule has 0 saturated carbocycles. The summed E-state index contributed by atoms with van der Waals surface area (Å²) < 4.78 is 3.84. The molecule has 2 aromatic rings. The van der Waals surface area contributed by atoms with Crippen LogP contribution >= 0.6 is 56.5 Å². The van der Waals surface area contributed by atoms with Gasteiger partial charge >= 0.3 is 0 Å². The van der Waals surface area contributed by atoms with E-state index in [0.717, 1.165) is 5.69 Å². The third-order valence-electron chi connectivity index (χ3n) is 1.65. The van der Waals surface area contributed by atoms with Crippen molar-refractivity contribution in [3.8, 4) is 0 Å². The molecule has 0 fully saturated rings. The van der Waals surface area contributed by atoms with E-state index in [-0.39, 0.29) is 0 Å². The lowest BCUT2D eigenvalue weighted by atomic mass is 10.2. The van der Waals surface area contributed by atoms with Crippen LogP contribution in [0.5, 0.6) is 0 Å². The highest BCUT2D eigenvalue weighted by atomic mass is 127. The molecule has 0 aliphatic heterocycles. The fourth-order valence-electron chi connectivity index (χ4n) is 1.04. The average Bonchev–Trinajstić information content (AvgIpc) is 2.35. The minimum atomic E-state index is 0.893. The molecule has 0 amide bonds. The number of halogens is 2. The molecular formula is C8H5I2NS. The molecule has 0 aliphatic rings. The normalized spacial score (nSPS) is 10.8. The van der Waals surface area contributed by atoms with Crippen molar-refractivity contribution in [3.63, 3.8) is 0 Å². The molecule has 0 unspecified atom stereocenters. The Morgan fingerprint density at radius 2 is 1.83 bits per heavy atom. The van der Waals surface area contributed by atoms with E-state index in [1.54, 1.807) is 11.3 Å². The van der Waals surface area contributed by atoms with Crippen molar-refractivity contribution in [2.45, 2.75) is 0 Å². The summed E-state index contributed by atoms with van der Waals surface area (Å²) in [6.07, 6.45) is 0. The third kappa shape index (κ3) is 1.44. The lowest BCUT2D eigenvalue weighted by molar-refractivity contribution is 1.67. The second-order valence-corrected chi connectivity index (χ2v) is 5.69. The van der Waals surface area contributed by atoms with Crippen molar-refractivity contribution < 1.29 is 0 Å². The number of thiophene rings is 1. The maximum Gasteiger partial charge on any atom is 0.0503 e. The van der Waals surface area contributed by atoms with Gasteiger partial charge < -0.3 is 5.73 Å². The summed E-state index contributed by atoms with van der Waals surface area (Å²) in [5, 5.41) is 3.18. The van der Waals surface area contributed by atoms with Crippen molar-refractivity contribution in [2.24, 2.45) is 0 Å². The van der Waals surface area contributed by atoms with Crippen LogP contribution in [0.1, 0.15) is 0 Å². The largest absolute Gasteiger partial charge is 0.398 e. The molecule has 1 heterocycles. The van der Waals surface area contributed by atoms with Crippen molar-refractivity contribution in [2.75, 3.05) is 5.73 Å². The number of anilines is 1. The van der Waals surface area contributed by atoms with Crippen molar-refractivity contribution >= 4 is 72.3 Å². The van der Waals surface area contributed by atoms with Gasteiger partial charge in [0.05, 0.1) is 5.69 Å². The molecule has 2 rings (SSSR count). The number of hydrogen-bond donors (Lipinski definition) is 1. The van der Waals surface area contributed by atoms with Crippen LogP contribution < -0.4 is 5.73 Å². The summed E-state index contributed by atoms with van der Waals surface area (Å²) in [5.74, 6) is 0. The monoisotopic (exact) mass is 401 g/mol. The Morgan fingerprint density at radius 1 is 1.17 bits per heavy atom. The lowest BCUT2D eigenvalue weighted by Gasteiger charge is -1.96. The molecule has 1 aromatic carbocycles. The van der Waals surface area contributed by atoms with E-state index in [1.807, 2.05) is 5.38 Å². The quantitative estimate of drug-likeness (QED) is 0.670. The Morgan fingerprint density at radius 3 is 2.58 bits per heavy atom. The average molecular weight is 401 g/mol. The van der Waals surface area contributed by atoms with Gasteiger partial charge in [0.15, 0.2) is 0 Å². The van der Waals surface area contributed by atoms with E-state index in [0.29, 0.717) is 0 Å². The molecule has 2 N–H and O–H groups in total. The van der Waals surface area contributed by atoms with Crippen molar-refractivity contribution in [1.82, 2.24) is 0 Å². The van der Waals surface area contributed by atoms with Gasteiger partial charge in [-0.1, -0.05) is 0 Å². The summed E-state index contributed by atoms with van der Waals surface area (Å²) in [6.45, 7) is 0. The summed E-state index contributed by atoms with van der Waals surface area (Å²) in [4.78, 5) is 0. The first-order valence-electron chi connectivity index (χ1n) is 3.30. The van der Waals surface area contributed by atoms with Gasteiger partial charge in [-0.15, -0.1) is 11.3 Å². The molecule has 0 radical (unpaired) electrons. The van der Waals surface area contributed by atoms with Gasteiger partial charge in [-0.3, -0.25) is 0 Å². The zero-order chi connectivity index (χ0) is 8.72. The van der Waals surface area contributed by atoms with Gasteiger partial charge in [-0.05, 0) is 57.3 Å². The molecule has 4 heteroatoms. The number of hydrogen-bond acceptors (Lipinski definition) is 2. The van der Waals surface area contributed by atoms with Gasteiger partial charge in [0.1, 0.15) is 0 Å². The molecule has 12 heavy (non-hydrogen) atoms. The molecular weight excluding hydrogens is 396 g/mol. The maximum atomic E-state index is 5.80. The molecule has 0 aliphatic carbocycles. The number of benzene rings is 1. The van der Waals surface area contributed by atoms with Crippen LogP contribution in [0, 0.1) is 7.14 Å². The first-order chi connectivity index (χ1) is 5.68. The number of nitrogen functional groups attached to an aromatic ring is 1. The van der Waals surface area contributed by atoms with Gasteiger partial charge in [-0.25, -0.2) is 0 Å². The molecule has 0 spiro atoms. The van der Waals surface area contributed by atoms with E-state index >= 15 is 0 Å². The maximum absolute atomic E-state index is 5.80. The molecule has 0 saturated heterocycles.